The number of phenols is 1. The second kappa shape index (κ2) is 4.84. The van der Waals surface area contributed by atoms with Crippen molar-refractivity contribution in [3.8, 4) is 5.75 Å². The van der Waals surface area contributed by atoms with Crippen LogP contribution in [0.5, 0.6) is 5.75 Å². The highest BCUT2D eigenvalue weighted by atomic mass is 32.2. The van der Waals surface area contributed by atoms with Gasteiger partial charge in [-0.25, -0.2) is 13.1 Å². The van der Waals surface area contributed by atoms with E-state index in [1.807, 2.05) is 20.8 Å². The zero-order chi connectivity index (χ0) is 12.3. The Labute approximate surface area is 96.4 Å². The maximum absolute atomic E-state index is 11.9. The first-order valence-corrected chi connectivity index (χ1v) is 6.62. The number of phenolic OH excluding ortho intramolecular Hbond substituents is 1. The molecule has 0 spiro atoms. The van der Waals surface area contributed by atoms with Gasteiger partial charge >= 0.3 is 0 Å². The van der Waals surface area contributed by atoms with Gasteiger partial charge in [-0.05, 0) is 37.1 Å². The van der Waals surface area contributed by atoms with Crippen molar-refractivity contribution in [2.24, 2.45) is 5.92 Å². The fraction of sp³-hybridized carbons (Fsp3) is 0.455. The molecule has 0 aliphatic heterocycles. The second-order valence-corrected chi connectivity index (χ2v) is 5.86. The van der Waals surface area contributed by atoms with Gasteiger partial charge in [0.1, 0.15) is 5.75 Å². The summed E-state index contributed by atoms with van der Waals surface area (Å²) in [7, 11) is -3.48. The van der Waals surface area contributed by atoms with Crippen molar-refractivity contribution in [3.05, 3.63) is 24.3 Å². The molecular weight excluding hydrogens is 226 g/mol. The predicted octanol–water partition coefficient (Wildman–Crippen LogP) is 1.71. The lowest BCUT2D eigenvalue weighted by Crippen LogP contribution is -2.36. The zero-order valence-corrected chi connectivity index (χ0v) is 10.5. The van der Waals surface area contributed by atoms with Gasteiger partial charge in [-0.2, -0.15) is 0 Å². The van der Waals surface area contributed by atoms with Crippen LogP contribution in [0.2, 0.25) is 0 Å². The number of benzene rings is 1. The van der Waals surface area contributed by atoms with E-state index in [1.165, 1.54) is 24.3 Å². The van der Waals surface area contributed by atoms with E-state index in [0.717, 1.165) is 0 Å². The molecule has 0 aliphatic carbocycles. The Morgan fingerprint density at radius 1 is 1.12 bits per heavy atom. The molecule has 0 radical (unpaired) electrons. The van der Waals surface area contributed by atoms with E-state index >= 15 is 0 Å². The summed E-state index contributed by atoms with van der Waals surface area (Å²) >= 11 is 0. The lowest BCUT2D eigenvalue weighted by atomic mass is 10.1. The summed E-state index contributed by atoms with van der Waals surface area (Å²) in [6.45, 7) is 5.72. The van der Waals surface area contributed by atoms with Gasteiger partial charge in [0.05, 0.1) is 4.90 Å². The summed E-state index contributed by atoms with van der Waals surface area (Å²) in [6, 6.07) is 5.34. The summed E-state index contributed by atoms with van der Waals surface area (Å²) in [4.78, 5) is 0.165. The first-order chi connectivity index (χ1) is 7.33. The Morgan fingerprint density at radius 2 is 1.62 bits per heavy atom. The molecule has 0 aromatic heterocycles. The molecule has 5 heteroatoms. The average molecular weight is 243 g/mol. The third-order valence-corrected chi connectivity index (χ3v) is 4.06. The number of aromatic hydroxyl groups is 1. The van der Waals surface area contributed by atoms with Crippen LogP contribution in [0, 0.1) is 5.92 Å². The predicted molar refractivity (Wildman–Crippen MR) is 62.7 cm³/mol. The van der Waals surface area contributed by atoms with Crippen LogP contribution < -0.4 is 4.72 Å². The topological polar surface area (TPSA) is 66.4 Å². The SMILES string of the molecule is CC(C)C(C)NS(=O)(=O)c1ccc(O)cc1. The first kappa shape index (κ1) is 13.0. The molecular formula is C11H17NO3S. The van der Waals surface area contributed by atoms with E-state index in [-0.39, 0.29) is 22.6 Å². The summed E-state index contributed by atoms with van der Waals surface area (Å²) in [5.74, 6) is 0.280. The van der Waals surface area contributed by atoms with Crippen molar-refractivity contribution >= 4 is 10.0 Å². The number of sulfonamides is 1. The minimum Gasteiger partial charge on any atom is -0.508 e. The summed E-state index contributed by atoms with van der Waals surface area (Å²) < 4.78 is 26.3. The van der Waals surface area contributed by atoms with Crippen LogP contribution in [0.4, 0.5) is 0 Å². The molecule has 1 atom stereocenters. The number of nitrogens with one attached hydrogen (secondary N) is 1. The van der Waals surface area contributed by atoms with Gasteiger partial charge in [0.2, 0.25) is 10.0 Å². The lowest BCUT2D eigenvalue weighted by Gasteiger charge is -2.17. The van der Waals surface area contributed by atoms with Crippen molar-refractivity contribution in [1.29, 1.82) is 0 Å². The van der Waals surface area contributed by atoms with Crippen LogP contribution in [0.1, 0.15) is 20.8 Å². The monoisotopic (exact) mass is 243 g/mol. The van der Waals surface area contributed by atoms with Crippen LogP contribution >= 0.6 is 0 Å². The van der Waals surface area contributed by atoms with Crippen molar-refractivity contribution in [1.82, 2.24) is 4.72 Å². The minimum atomic E-state index is -3.48. The van der Waals surface area contributed by atoms with Gasteiger partial charge in [0.15, 0.2) is 0 Å². The van der Waals surface area contributed by atoms with E-state index in [2.05, 4.69) is 4.72 Å². The fourth-order valence-electron chi connectivity index (χ4n) is 1.07. The number of hydrogen-bond acceptors (Lipinski definition) is 3. The maximum Gasteiger partial charge on any atom is 0.240 e. The molecule has 16 heavy (non-hydrogen) atoms. The summed E-state index contributed by atoms with van der Waals surface area (Å²) in [6.07, 6.45) is 0. The summed E-state index contributed by atoms with van der Waals surface area (Å²) in [5.41, 5.74) is 0. The van der Waals surface area contributed by atoms with E-state index in [4.69, 9.17) is 5.11 Å². The smallest absolute Gasteiger partial charge is 0.240 e. The van der Waals surface area contributed by atoms with Crippen molar-refractivity contribution in [3.63, 3.8) is 0 Å². The van der Waals surface area contributed by atoms with Crippen LogP contribution in [0.15, 0.2) is 29.2 Å². The molecule has 4 nitrogen and oxygen atoms in total. The highest BCUT2D eigenvalue weighted by molar-refractivity contribution is 7.89. The Morgan fingerprint density at radius 3 is 2.06 bits per heavy atom. The Hall–Kier alpha value is -1.07. The standard InChI is InChI=1S/C11H17NO3S/c1-8(2)9(3)12-16(14,15)11-6-4-10(13)5-7-11/h4-9,12-13H,1-3H3. The number of hydrogen-bond donors (Lipinski definition) is 2. The van der Waals surface area contributed by atoms with Crippen molar-refractivity contribution in [2.45, 2.75) is 31.7 Å². The second-order valence-electron chi connectivity index (χ2n) is 4.15. The Kier molecular flexibility index (Phi) is 3.93. The largest absolute Gasteiger partial charge is 0.508 e. The van der Waals surface area contributed by atoms with E-state index in [9.17, 15) is 8.42 Å². The molecule has 1 aromatic carbocycles. The Bertz CT molecular complexity index is 437. The van der Waals surface area contributed by atoms with E-state index < -0.39 is 10.0 Å². The molecule has 0 saturated heterocycles. The maximum atomic E-state index is 11.9. The molecule has 1 unspecified atom stereocenters. The van der Waals surface area contributed by atoms with Crippen molar-refractivity contribution in [2.75, 3.05) is 0 Å². The third-order valence-electron chi connectivity index (χ3n) is 2.49. The Balaban J connectivity index is 2.90. The molecule has 2 N–H and O–H groups in total. The van der Waals surface area contributed by atoms with Gasteiger partial charge < -0.3 is 5.11 Å². The van der Waals surface area contributed by atoms with Crippen LogP contribution in [0.25, 0.3) is 0 Å². The van der Waals surface area contributed by atoms with E-state index in [1.54, 1.807) is 0 Å². The van der Waals surface area contributed by atoms with Crippen LogP contribution in [-0.2, 0) is 10.0 Å². The van der Waals surface area contributed by atoms with Crippen LogP contribution in [0.3, 0.4) is 0 Å². The summed E-state index contributed by atoms with van der Waals surface area (Å²) in [5, 5.41) is 9.08. The molecule has 1 aromatic rings. The quantitative estimate of drug-likeness (QED) is 0.846. The molecule has 0 aliphatic rings. The molecule has 0 fully saturated rings. The van der Waals surface area contributed by atoms with Gasteiger partial charge in [0, 0.05) is 6.04 Å². The number of rotatable bonds is 4. The van der Waals surface area contributed by atoms with Crippen molar-refractivity contribution < 1.29 is 13.5 Å². The highest BCUT2D eigenvalue weighted by Gasteiger charge is 2.18. The molecule has 1 rings (SSSR count). The molecule has 0 heterocycles. The van der Waals surface area contributed by atoms with Gasteiger partial charge in [-0.3, -0.25) is 0 Å². The third kappa shape index (κ3) is 3.21. The highest BCUT2D eigenvalue weighted by Crippen LogP contribution is 2.15. The van der Waals surface area contributed by atoms with Crippen LogP contribution in [-0.4, -0.2) is 19.6 Å². The zero-order valence-electron chi connectivity index (χ0n) is 9.64. The van der Waals surface area contributed by atoms with Gasteiger partial charge in [-0.15, -0.1) is 0 Å². The molecule has 0 saturated carbocycles. The molecule has 0 bridgehead atoms. The fourth-order valence-corrected chi connectivity index (χ4v) is 2.47. The minimum absolute atomic E-state index is 0.0517. The van der Waals surface area contributed by atoms with Gasteiger partial charge in [0.25, 0.3) is 0 Å². The first-order valence-electron chi connectivity index (χ1n) is 5.14. The van der Waals surface area contributed by atoms with Gasteiger partial charge in [-0.1, -0.05) is 13.8 Å². The lowest BCUT2D eigenvalue weighted by molar-refractivity contribution is 0.472. The average Bonchev–Trinajstić information content (AvgIpc) is 2.17. The normalized spacial score (nSPS) is 14.0. The molecule has 0 amide bonds. The molecule has 90 valence electrons. The van der Waals surface area contributed by atoms with E-state index in [0.29, 0.717) is 0 Å².